The first-order valence-corrected chi connectivity index (χ1v) is 16.9. The third-order valence-corrected chi connectivity index (χ3v) is 15.1. The largest absolute Gasteiger partial charge is 0.465 e. The molecule has 0 aromatic heterocycles. The molecular weight excluding hydrogens is 518 g/mol. The van der Waals surface area contributed by atoms with Gasteiger partial charge in [0, 0.05) is 0 Å². The minimum Gasteiger partial charge on any atom is -0.465 e. The van der Waals surface area contributed by atoms with Gasteiger partial charge in [0.15, 0.2) is 0 Å². The van der Waals surface area contributed by atoms with Gasteiger partial charge in [0.25, 0.3) is 0 Å². The second kappa shape index (κ2) is 9.40. The Kier molecular flexibility index (Phi) is 6.40. The van der Waals surface area contributed by atoms with Crippen molar-refractivity contribution in [3.05, 3.63) is 41.5 Å². The fourth-order valence-corrected chi connectivity index (χ4v) is 13.0. The number of aliphatic imine (C=N–C) groups is 1. The van der Waals surface area contributed by atoms with Crippen LogP contribution in [0.5, 0.6) is 0 Å². The van der Waals surface area contributed by atoms with Gasteiger partial charge >= 0.3 is 5.97 Å². The van der Waals surface area contributed by atoms with Crippen molar-refractivity contribution in [3.8, 4) is 0 Å². The van der Waals surface area contributed by atoms with Gasteiger partial charge in [-0.15, -0.1) is 0 Å². The Morgan fingerprint density at radius 2 is 1.60 bits per heavy atom. The van der Waals surface area contributed by atoms with Crippen LogP contribution in [-0.2, 0) is 9.53 Å². The molecule has 0 bridgehead atoms. The number of hydrogen-bond donors (Lipinski definition) is 0. The highest BCUT2D eigenvalue weighted by Gasteiger charge is 2.71. The van der Waals surface area contributed by atoms with Crippen LogP contribution in [0.2, 0.25) is 0 Å². The lowest BCUT2D eigenvalue weighted by Crippen LogP contribution is -2.66. The molecule has 1 aromatic rings. The summed E-state index contributed by atoms with van der Waals surface area (Å²) in [6.07, 6.45) is 18.4. The van der Waals surface area contributed by atoms with Crippen molar-refractivity contribution < 1.29 is 14.3 Å². The van der Waals surface area contributed by atoms with Gasteiger partial charge in [0.2, 0.25) is 6.08 Å². The molecule has 226 valence electrons. The molecule has 0 spiro atoms. The summed E-state index contributed by atoms with van der Waals surface area (Å²) in [7, 11) is 1.44. The van der Waals surface area contributed by atoms with Crippen LogP contribution in [0, 0.1) is 57.2 Å². The zero-order valence-corrected chi connectivity index (χ0v) is 26.8. The Bertz CT molecular complexity index is 1350. The number of hydrogen-bond acceptors (Lipinski definition) is 4. The molecule has 0 aliphatic heterocycles. The van der Waals surface area contributed by atoms with Crippen LogP contribution in [0.4, 0.5) is 0 Å². The lowest BCUT2D eigenvalue weighted by atomic mass is 9.33. The molecule has 6 aliphatic carbocycles. The van der Waals surface area contributed by atoms with E-state index in [1.165, 1.54) is 69.6 Å². The number of carbonyl (C=O) groups excluding carboxylic acids is 2. The van der Waals surface area contributed by atoms with E-state index in [4.69, 9.17) is 9.73 Å². The zero-order valence-electron chi connectivity index (χ0n) is 26.8. The van der Waals surface area contributed by atoms with Crippen LogP contribution in [0.1, 0.15) is 121 Å². The van der Waals surface area contributed by atoms with Gasteiger partial charge in [-0.25, -0.2) is 9.59 Å². The third-order valence-electron chi connectivity index (χ3n) is 15.1. The van der Waals surface area contributed by atoms with E-state index in [1.54, 1.807) is 0 Å². The average Bonchev–Trinajstić information content (AvgIpc) is 3.74. The Labute approximate surface area is 253 Å². The standard InChI is InChI=1S/C38H51NO3/c1-34(2)28(25-9-11-26(12-10-25)33(41)42-6)16-18-35(3)30(34)17-19-37(5)31(35)14-13-29-32-27(24-7-8-24)15-20-38(32,39-23-40)22-21-36(29,37)4/h9-12,16,24,27,29-32H,7-8,13-15,17-22H2,1-6H3/t27-,29+,30-,31+,32+,35-,36+,37+,38-/m0/s1. The average molecular weight is 570 g/mol. The van der Waals surface area contributed by atoms with E-state index in [0.29, 0.717) is 40.1 Å². The Hall–Kier alpha value is -2.19. The molecule has 0 heterocycles. The highest BCUT2D eigenvalue weighted by atomic mass is 16.5. The molecule has 9 atom stereocenters. The van der Waals surface area contributed by atoms with E-state index in [0.717, 1.165) is 31.1 Å². The highest BCUT2D eigenvalue weighted by molar-refractivity contribution is 5.89. The molecule has 4 nitrogen and oxygen atoms in total. The summed E-state index contributed by atoms with van der Waals surface area (Å²) in [4.78, 5) is 28.5. The maximum Gasteiger partial charge on any atom is 0.337 e. The monoisotopic (exact) mass is 569 g/mol. The summed E-state index contributed by atoms with van der Waals surface area (Å²) < 4.78 is 4.94. The van der Waals surface area contributed by atoms with Crippen molar-refractivity contribution in [3.63, 3.8) is 0 Å². The fraction of sp³-hybridized carbons (Fsp3) is 0.737. The maximum absolute atomic E-state index is 12.1. The molecule has 0 saturated heterocycles. The van der Waals surface area contributed by atoms with Crippen molar-refractivity contribution in [2.45, 2.75) is 111 Å². The zero-order chi connectivity index (χ0) is 29.7. The van der Waals surface area contributed by atoms with Crippen LogP contribution >= 0.6 is 0 Å². The number of rotatable bonds is 4. The normalized spacial score (nSPS) is 45.3. The summed E-state index contributed by atoms with van der Waals surface area (Å²) in [6, 6.07) is 8.08. The molecule has 0 amide bonds. The molecule has 4 heteroatoms. The Balaban J connectivity index is 1.23. The second-order valence-corrected chi connectivity index (χ2v) is 16.7. The van der Waals surface area contributed by atoms with Crippen molar-refractivity contribution in [2.75, 3.05) is 7.11 Å². The molecule has 0 N–H and O–H groups in total. The Morgan fingerprint density at radius 3 is 2.26 bits per heavy atom. The van der Waals surface area contributed by atoms with Gasteiger partial charge in [-0.1, -0.05) is 52.8 Å². The van der Waals surface area contributed by atoms with E-state index in [1.807, 2.05) is 12.1 Å². The number of esters is 1. The van der Waals surface area contributed by atoms with Gasteiger partial charge in [-0.05, 0) is 151 Å². The number of methoxy groups -OCH3 is 1. The van der Waals surface area contributed by atoms with Crippen molar-refractivity contribution in [1.29, 1.82) is 0 Å². The quantitative estimate of drug-likeness (QED) is 0.206. The summed E-state index contributed by atoms with van der Waals surface area (Å²) in [5.41, 5.74) is 4.09. The van der Waals surface area contributed by atoms with E-state index in [-0.39, 0.29) is 22.3 Å². The van der Waals surface area contributed by atoms with Gasteiger partial charge in [-0.3, -0.25) is 0 Å². The lowest BCUT2D eigenvalue weighted by molar-refractivity contribution is -0.218. The summed E-state index contributed by atoms with van der Waals surface area (Å²) in [6.45, 7) is 13.0. The number of benzene rings is 1. The molecule has 0 unspecified atom stereocenters. The predicted octanol–water partition coefficient (Wildman–Crippen LogP) is 9.05. The number of allylic oxidation sites excluding steroid dienone is 2. The first-order valence-electron chi connectivity index (χ1n) is 16.9. The SMILES string of the molecule is COC(=O)c1ccc(C2=CC[C@]3(C)[C@H]4CC[C@@H]5[C@H]6[C@H](C7CC7)CC[C@]6(N=C=O)CC[C@@]5(C)[C@]4(C)CC[C@H]3C2(C)C)cc1. The fourth-order valence-electron chi connectivity index (χ4n) is 13.0. The van der Waals surface area contributed by atoms with Gasteiger partial charge in [-0.2, -0.15) is 4.99 Å². The van der Waals surface area contributed by atoms with Crippen LogP contribution in [0.25, 0.3) is 5.57 Å². The molecule has 5 fully saturated rings. The second-order valence-electron chi connectivity index (χ2n) is 16.7. The minimum absolute atomic E-state index is 0.0573. The van der Waals surface area contributed by atoms with E-state index in [9.17, 15) is 9.59 Å². The molecule has 0 radical (unpaired) electrons. The van der Waals surface area contributed by atoms with Crippen LogP contribution in [-0.4, -0.2) is 24.7 Å². The number of ether oxygens (including phenoxy) is 1. The Morgan fingerprint density at radius 1 is 0.857 bits per heavy atom. The highest BCUT2D eigenvalue weighted by Crippen LogP contribution is 2.77. The van der Waals surface area contributed by atoms with Crippen molar-refractivity contribution in [1.82, 2.24) is 0 Å². The topological polar surface area (TPSA) is 55.7 Å². The summed E-state index contributed by atoms with van der Waals surface area (Å²) in [5.74, 6) is 3.95. The summed E-state index contributed by atoms with van der Waals surface area (Å²) in [5, 5.41) is 0. The number of isocyanates is 1. The number of fused-ring (bicyclic) bond motifs is 7. The van der Waals surface area contributed by atoms with Crippen LogP contribution < -0.4 is 0 Å². The van der Waals surface area contributed by atoms with Crippen molar-refractivity contribution in [2.24, 2.45) is 62.2 Å². The number of carbonyl (C=O) groups is 1. The van der Waals surface area contributed by atoms with Crippen LogP contribution in [0.3, 0.4) is 0 Å². The maximum atomic E-state index is 12.1. The van der Waals surface area contributed by atoms with E-state index in [2.05, 4.69) is 58.9 Å². The molecule has 42 heavy (non-hydrogen) atoms. The molecule has 1 aromatic carbocycles. The van der Waals surface area contributed by atoms with E-state index >= 15 is 0 Å². The predicted molar refractivity (Wildman–Crippen MR) is 166 cm³/mol. The molecule has 6 aliphatic rings. The van der Waals surface area contributed by atoms with Gasteiger partial charge < -0.3 is 4.74 Å². The van der Waals surface area contributed by atoms with Gasteiger partial charge in [0.05, 0.1) is 18.2 Å². The van der Waals surface area contributed by atoms with E-state index < -0.39 is 0 Å². The first kappa shape index (κ1) is 28.6. The smallest absolute Gasteiger partial charge is 0.337 e. The molecular formula is C38H51NO3. The first-order chi connectivity index (χ1) is 19.9. The lowest BCUT2D eigenvalue weighted by Gasteiger charge is -2.72. The minimum atomic E-state index is -0.277. The third kappa shape index (κ3) is 3.69. The number of nitrogens with zero attached hydrogens (tertiary/aromatic N) is 1. The summed E-state index contributed by atoms with van der Waals surface area (Å²) >= 11 is 0. The molecule has 7 rings (SSSR count). The molecule has 5 saturated carbocycles. The van der Waals surface area contributed by atoms with Gasteiger partial charge in [0.1, 0.15) is 0 Å². The van der Waals surface area contributed by atoms with Crippen molar-refractivity contribution >= 4 is 17.6 Å². The van der Waals surface area contributed by atoms with Crippen LogP contribution in [0.15, 0.2) is 35.3 Å².